The van der Waals surface area contributed by atoms with Crippen LogP contribution in [0, 0.1) is 11.8 Å². The van der Waals surface area contributed by atoms with Crippen molar-refractivity contribution in [3.05, 3.63) is 0 Å². The van der Waals surface area contributed by atoms with Crippen LogP contribution in [0.4, 0.5) is 0 Å². The van der Waals surface area contributed by atoms with Gasteiger partial charge in [-0.3, -0.25) is 4.79 Å². The second-order valence-corrected chi connectivity index (χ2v) is 3.82. The second-order valence-electron chi connectivity index (χ2n) is 3.82. The van der Waals surface area contributed by atoms with Crippen LogP contribution in [-0.2, 0) is 4.79 Å². The summed E-state index contributed by atoms with van der Waals surface area (Å²) in [5.74, 6) is 1.39. The van der Waals surface area contributed by atoms with Crippen molar-refractivity contribution in [2.45, 2.75) is 33.1 Å². The highest BCUT2D eigenvalue weighted by molar-refractivity contribution is 5.81. The first-order valence-corrected chi connectivity index (χ1v) is 4.97. The summed E-state index contributed by atoms with van der Waals surface area (Å²) in [5, 5.41) is 3.20. The summed E-state index contributed by atoms with van der Waals surface area (Å²) < 4.78 is 0. The standard InChI is InChI=1S/C10H19NO/c1-3-11-7-8(2)10(12)6-9-4-5-9/h8-9,11H,3-7H2,1-2H3. The van der Waals surface area contributed by atoms with Gasteiger partial charge in [-0.1, -0.05) is 13.8 Å². The zero-order valence-electron chi connectivity index (χ0n) is 8.10. The Morgan fingerprint density at radius 2 is 2.25 bits per heavy atom. The van der Waals surface area contributed by atoms with E-state index in [9.17, 15) is 4.79 Å². The van der Waals surface area contributed by atoms with E-state index in [1.165, 1.54) is 12.8 Å². The highest BCUT2D eigenvalue weighted by Gasteiger charge is 2.26. The molecule has 70 valence electrons. The van der Waals surface area contributed by atoms with Gasteiger partial charge in [0.05, 0.1) is 0 Å². The largest absolute Gasteiger partial charge is 0.316 e. The van der Waals surface area contributed by atoms with Crippen LogP contribution in [0.15, 0.2) is 0 Å². The Morgan fingerprint density at radius 1 is 1.58 bits per heavy atom. The fourth-order valence-electron chi connectivity index (χ4n) is 1.28. The Hall–Kier alpha value is -0.370. The molecule has 1 aliphatic rings. The van der Waals surface area contributed by atoms with Gasteiger partial charge in [-0.05, 0) is 25.3 Å². The van der Waals surface area contributed by atoms with Gasteiger partial charge >= 0.3 is 0 Å². The SMILES string of the molecule is CCNCC(C)C(=O)CC1CC1. The number of hydrogen-bond donors (Lipinski definition) is 1. The lowest BCUT2D eigenvalue weighted by Crippen LogP contribution is -2.26. The third kappa shape index (κ3) is 3.35. The van der Waals surface area contributed by atoms with Crippen LogP contribution in [0.3, 0.4) is 0 Å². The van der Waals surface area contributed by atoms with E-state index in [-0.39, 0.29) is 5.92 Å². The van der Waals surface area contributed by atoms with E-state index < -0.39 is 0 Å². The average molecular weight is 169 g/mol. The summed E-state index contributed by atoms with van der Waals surface area (Å²) in [4.78, 5) is 11.5. The summed E-state index contributed by atoms with van der Waals surface area (Å²) >= 11 is 0. The van der Waals surface area contributed by atoms with E-state index in [0.717, 1.165) is 25.4 Å². The van der Waals surface area contributed by atoms with Crippen LogP contribution in [-0.4, -0.2) is 18.9 Å². The molecule has 0 radical (unpaired) electrons. The number of rotatable bonds is 6. The number of hydrogen-bond acceptors (Lipinski definition) is 2. The zero-order chi connectivity index (χ0) is 8.97. The molecule has 0 saturated heterocycles. The number of carbonyl (C=O) groups excluding carboxylic acids is 1. The van der Waals surface area contributed by atoms with E-state index in [4.69, 9.17) is 0 Å². The predicted octanol–water partition coefficient (Wildman–Crippen LogP) is 1.60. The molecule has 0 bridgehead atoms. The molecule has 0 amide bonds. The normalized spacial score (nSPS) is 19.2. The van der Waals surface area contributed by atoms with Crippen LogP contribution >= 0.6 is 0 Å². The molecular weight excluding hydrogens is 150 g/mol. The number of ketones is 1. The lowest BCUT2D eigenvalue weighted by Gasteiger charge is -2.09. The predicted molar refractivity (Wildman–Crippen MR) is 50.1 cm³/mol. The lowest BCUT2D eigenvalue weighted by molar-refractivity contribution is -0.122. The van der Waals surface area contributed by atoms with Crippen molar-refractivity contribution in [3.63, 3.8) is 0 Å². The molecule has 1 fully saturated rings. The second kappa shape index (κ2) is 4.61. The molecule has 1 rings (SSSR count). The van der Waals surface area contributed by atoms with Crippen molar-refractivity contribution >= 4 is 5.78 Å². The monoisotopic (exact) mass is 169 g/mol. The molecule has 1 saturated carbocycles. The third-order valence-electron chi connectivity index (χ3n) is 2.44. The van der Waals surface area contributed by atoms with Crippen molar-refractivity contribution in [1.82, 2.24) is 5.32 Å². The molecule has 1 N–H and O–H groups in total. The average Bonchev–Trinajstić information content (AvgIpc) is 2.83. The molecule has 0 spiro atoms. The highest BCUT2D eigenvalue weighted by Crippen LogP contribution is 2.33. The summed E-state index contributed by atoms with van der Waals surface area (Å²) in [6.07, 6.45) is 3.38. The highest BCUT2D eigenvalue weighted by atomic mass is 16.1. The van der Waals surface area contributed by atoms with Crippen molar-refractivity contribution in [3.8, 4) is 0 Å². The molecule has 0 aromatic heterocycles. The minimum Gasteiger partial charge on any atom is -0.316 e. The van der Waals surface area contributed by atoms with Gasteiger partial charge in [0.2, 0.25) is 0 Å². The number of carbonyl (C=O) groups is 1. The fourth-order valence-corrected chi connectivity index (χ4v) is 1.28. The molecule has 0 aromatic rings. The van der Waals surface area contributed by atoms with E-state index in [2.05, 4.69) is 12.2 Å². The molecule has 12 heavy (non-hydrogen) atoms. The fraction of sp³-hybridized carbons (Fsp3) is 0.900. The third-order valence-corrected chi connectivity index (χ3v) is 2.44. The summed E-state index contributed by atoms with van der Waals surface area (Å²) in [7, 11) is 0. The first-order valence-electron chi connectivity index (χ1n) is 4.97. The zero-order valence-corrected chi connectivity index (χ0v) is 8.10. The van der Waals surface area contributed by atoms with Gasteiger partial charge in [0, 0.05) is 18.9 Å². The first-order chi connectivity index (χ1) is 5.74. The molecular formula is C10H19NO. The first kappa shape index (κ1) is 9.72. The minimum atomic E-state index is 0.213. The van der Waals surface area contributed by atoms with Crippen molar-refractivity contribution < 1.29 is 4.79 Å². The van der Waals surface area contributed by atoms with Crippen LogP contribution in [0.1, 0.15) is 33.1 Å². The number of Topliss-reactive ketones (excluding diaryl/α,β-unsaturated/α-hetero) is 1. The smallest absolute Gasteiger partial charge is 0.137 e. The molecule has 0 aliphatic heterocycles. The maximum atomic E-state index is 11.5. The summed E-state index contributed by atoms with van der Waals surface area (Å²) in [5.41, 5.74) is 0. The van der Waals surface area contributed by atoms with E-state index in [1.54, 1.807) is 0 Å². The van der Waals surface area contributed by atoms with Gasteiger partial charge in [0.25, 0.3) is 0 Å². The summed E-state index contributed by atoms with van der Waals surface area (Å²) in [6.45, 7) is 5.90. The molecule has 0 heterocycles. The molecule has 1 unspecified atom stereocenters. The molecule has 0 aromatic carbocycles. The summed E-state index contributed by atoms with van der Waals surface area (Å²) in [6, 6.07) is 0. The van der Waals surface area contributed by atoms with Gasteiger partial charge in [-0.15, -0.1) is 0 Å². The van der Waals surface area contributed by atoms with Crippen LogP contribution in [0.2, 0.25) is 0 Å². The maximum absolute atomic E-state index is 11.5. The van der Waals surface area contributed by atoms with Crippen molar-refractivity contribution in [1.29, 1.82) is 0 Å². The van der Waals surface area contributed by atoms with Crippen LogP contribution in [0.5, 0.6) is 0 Å². The Morgan fingerprint density at radius 3 is 2.75 bits per heavy atom. The van der Waals surface area contributed by atoms with Gasteiger partial charge in [0.15, 0.2) is 0 Å². The quantitative estimate of drug-likeness (QED) is 0.654. The van der Waals surface area contributed by atoms with Crippen molar-refractivity contribution in [2.75, 3.05) is 13.1 Å². The number of nitrogens with one attached hydrogen (secondary N) is 1. The van der Waals surface area contributed by atoms with E-state index in [1.807, 2.05) is 6.92 Å². The van der Waals surface area contributed by atoms with Gasteiger partial charge in [-0.25, -0.2) is 0 Å². The maximum Gasteiger partial charge on any atom is 0.137 e. The minimum absolute atomic E-state index is 0.213. The topological polar surface area (TPSA) is 29.1 Å². The Labute approximate surface area is 74.7 Å². The van der Waals surface area contributed by atoms with Gasteiger partial charge in [0.1, 0.15) is 5.78 Å². The lowest BCUT2D eigenvalue weighted by atomic mass is 10.0. The van der Waals surface area contributed by atoms with Crippen LogP contribution < -0.4 is 5.32 Å². The Bertz CT molecular complexity index is 152. The van der Waals surface area contributed by atoms with Gasteiger partial charge in [-0.2, -0.15) is 0 Å². The van der Waals surface area contributed by atoms with Crippen molar-refractivity contribution in [2.24, 2.45) is 11.8 Å². The molecule has 1 aliphatic carbocycles. The Balaban J connectivity index is 2.11. The molecule has 2 heteroatoms. The van der Waals surface area contributed by atoms with Crippen LogP contribution in [0.25, 0.3) is 0 Å². The Kier molecular flexibility index (Phi) is 3.73. The van der Waals surface area contributed by atoms with E-state index >= 15 is 0 Å². The molecule has 1 atom stereocenters. The molecule has 2 nitrogen and oxygen atoms in total. The van der Waals surface area contributed by atoms with Gasteiger partial charge < -0.3 is 5.32 Å². The van der Waals surface area contributed by atoms with E-state index in [0.29, 0.717) is 5.78 Å².